The summed E-state index contributed by atoms with van der Waals surface area (Å²) in [5.41, 5.74) is 0.504. The summed E-state index contributed by atoms with van der Waals surface area (Å²) in [6, 6.07) is 16.1. The van der Waals surface area contributed by atoms with E-state index < -0.39 is 34.4 Å². The van der Waals surface area contributed by atoms with Crippen molar-refractivity contribution in [2.75, 3.05) is 25.1 Å². The molecule has 0 unspecified atom stereocenters. The molecule has 0 aliphatic carbocycles. The molecule has 0 radical (unpaired) electrons. The molecule has 3 aromatic carbocycles. The highest BCUT2D eigenvalue weighted by atomic mass is 35.5. The number of amides is 2. The van der Waals surface area contributed by atoms with E-state index >= 15 is 0 Å². The van der Waals surface area contributed by atoms with E-state index in [-0.39, 0.29) is 28.9 Å². The molecule has 0 bridgehead atoms. The minimum absolute atomic E-state index is 0.0380. The predicted molar refractivity (Wildman–Crippen MR) is 160 cm³/mol. The minimum atomic E-state index is -4.30. The van der Waals surface area contributed by atoms with Gasteiger partial charge in [0, 0.05) is 34.3 Å². The van der Waals surface area contributed by atoms with Gasteiger partial charge in [-0.2, -0.15) is 0 Å². The summed E-state index contributed by atoms with van der Waals surface area (Å²) in [7, 11) is -1.46. The number of nitrogens with zero attached hydrogens (tertiary/aromatic N) is 2. The molecule has 1 atom stereocenters. The summed E-state index contributed by atoms with van der Waals surface area (Å²) in [4.78, 5) is 28.4. The lowest BCUT2D eigenvalue weighted by molar-refractivity contribution is -0.139. The molecule has 0 fully saturated rings. The van der Waals surface area contributed by atoms with E-state index in [1.807, 2.05) is 0 Å². The van der Waals surface area contributed by atoms with Crippen molar-refractivity contribution in [1.82, 2.24) is 10.2 Å². The van der Waals surface area contributed by atoms with Crippen LogP contribution in [0.15, 0.2) is 71.6 Å². The van der Waals surface area contributed by atoms with Gasteiger partial charge in [-0.25, -0.2) is 8.42 Å². The highest BCUT2D eigenvalue weighted by Gasteiger charge is 2.34. The number of ether oxygens (including phenoxy) is 2. The Morgan fingerprint density at radius 1 is 0.902 bits per heavy atom. The van der Waals surface area contributed by atoms with Gasteiger partial charge in [-0.1, -0.05) is 47.5 Å². The van der Waals surface area contributed by atoms with Crippen LogP contribution in [0.2, 0.25) is 10.0 Å². The third-order valence-electron chi connectivity index (χ3n) is 6.25. The predicted octanol–water partition coefficient (Wildman–Crippen LogP) is 5.15. The van der Waals surface area contributed by atoms with E-state index in [0.29, 0.717) is 21.4 Å². The zero-order chi connectivity index (χ0) is 30.3. The lowest BCUT2D eigenvalue weighted by Crippen LogP contribution is -2.52. The largest absolute Gasteiger partial charge is 0.497 e. The second-order valence-corrected chi connectivity index (χ2v) is 12.1. The second-order valence-electron chi connectivity index (χ2n) is 9.42. The molecule has 41 heavy (non-hydrogen) atoms. The van der Waals surface area contributed by atoms with Crippen molar-refractivity contribution >= 4 is 50.7 Å². The number of sulfonamides is 1. The van der Waals surface area contributed by atoms with Crippen LogP contribution in [0.1, 0.15) is 26.3 Å². The molecule has 0 spiro atoms. The number of carbonyl (C=O) groups excluding carboxylic acids is 2. The molecular formula is C29H33Cl2N3O6S. The highest BCUT2D eigenvalue weighted by Crippen LogP contribution is 2.36. The minimum Gasteiger partial charge on any atom is -0.497 e. The van der Waals surface area contributed by atoms with Crippen molar-refractivity contribution in [2.24, 2.45) is 0 Å². The van der Waals surface area contributed by atoms with E-state index in [9.17, 15) is 18.0 Å². The first-order chi connectivity index (χ1) is 19.4. The monoisotopic (exact) mass is 621 g/mol. The van der Waals surface area contributed by atoms with Gasteiger partial charge in [0.05, 0.1) is 24.8 Å². The van der Waals surface area contributed by atoms with Gasteiger partial charge in [-0.3, -0.25) is 13.9 Å². The Bertz CT molecular complexity index is 1460. The standard InChI is InChI=1S/C29H33Cl2N3O6S/c1-19(2)32-29(36)20(3)33(17-23-24(30)12-9-13-25(23)31)28(35)18-34(41(37,38)22-10-7-6-8-11-22)26-16-21(39-4)14-15-27(26)40-5/h6-16,19-20H,17-18H2,1-5H3,(H,32,36)/t20-/m1/s1. The molecule has 3 aromatic rings. The highest BCUT2D eigenvalue weighted by molar-refractivity contribution is 7.92. The van der Waals surface area contributed by atoms with Crippen LogP contribution >= 0.6 is 23.2 Å². The summed E-state index contributed by atoms with van der Waals surface area (Å²) >= 11 is 12.8. The number of benzene rings is 3. The average Bonchev–Trinajstić information content (AvgIpc) is 2.95. The lowest BCUT2D eigenvalue weighted by Gasteiger charge is -2.33. The molecular weight excluding hydrogens is 589 g/mol. The first kappa shape index (κ1) is 32.0. The van der Waals surface area contributed by atoms with Crippen molar-refractivity contribution in [3.05, 3.63) is 82.3 Å². The van der Waals surface area contributed by atoms with Crippen molar-refractivity contribution in [3.63, 3.8) is 0 Å². The van der Waals surface area contributed by atoms with Crippen LogP contribution < -0.4 is 19.1 Å². The molecule has 0 saturated carbocycles. The van der Waals surface area contributed by atoms with Crippen LogP contribution in [0.5, 0.6) is 11.5 Å². The number of carbonyl (C=O) groups is 2. The van der Waals surface area contributed by atoms with Gasteiger partial charge in [0.1, 0.15) is 24.1 Å². The summed E-state index contributed by atoms with van der Waals surface area (Å²) < 4.78 is 39.8. The molecule has 220 valence electrons. The molecule has 3 rings (SSSR count). The number of rotatable bonds is 12. The number of hydrogen-bond donors (Lipinski definition) is 1. The van der Waals surface area contributed by atoms with Gasteiger partial charge in [-0.05, 0) is 57.2 Å². The Hall–Kier alpha value is -3.47. The maximum atomic E-state index is 14.1. The van der Waals surface area contributed by atoms with Gasteiger partial charge < -0.3 is 19.7 Å². The Morgan fingerprint density at radius 3 is 2.10 bits per heavy atom. The first-order valence-corrected chi connectivity index (χ1v) is 14.9. The van der Waals surface area contributed by atoms with E-state index in [0.717, 1.165) is 4.31 Å². The summed E-state index contributed by atoms with van der Waals surface area (Å²) in [6.45, 7) is 4.35. The number of methoxy groups -OCH3 is 2. The summed E-state index contributed by atoms with van der Waals surface area (Å²) in [6.07, 6.45) is 0. The van der Waals surface area contributed by atoms with Crippen LogP contribution in [0, 0.1) is 0 Å². The molecule has 2 amide bonds. The number of anilines is 1. The van der Waals surface area contributed by atoms with Crippen LogP contribution in [-0.4, -0.2) is 58.0 Å². The summed E-state index contributed by atoms with van der Waals surface area (Å²) in [5.74, 6) is -0.542. The average molecular weight is 623 g/mol. The molecule has 0 saturated heterocycles. The number of nitrogens with one attached hydrogen (secondary N) is 1. The molecule has 9 nitrogen and oxygen atoms in total. The Morgan fingerprint density at radius 2 is 1.54 bits per heavy atom. The van der Waals surface area contributed by atoms with Crippen molar-refractivity contribution < 1.29 is 27.5 Å². The normalized spacial score (nSPS) is 12.0. The molecule has 0 aliphatic rings. The van der Waals surface area contributed by atoms with Crippen molar-refractivity contribution in [1.29, 1.82) is 0 Å². The van der Waals surface area contributed by atoms with Gasteiger partial charge in [0.25, 0.3) is 10.0 Å². The summed E-state index contributed by atoms with van der Waals surface area (Å²) in [5, 5.41) is 3.40. The fourth-order valence-electron chi connectivity index (χ4n) is 4.07. The zero-order valence-electron chi connectivity index (χ0n) is 23.4. The lowest BCUT2D eigenvalue weighted by atomic mass is 10.1. The Kier molecular flexibility index (Phi) is 10.9. The van der Waals surface area contributed by atoms with Crippen LogP contribution in [-0.2, 0) is 26.2 Å². The molecule has 0 heterocycles. The van der Waals surface area contributed by atoms with Crippen molar-refractivity contribution in [3.8, 4) is 11.5 Å². The van der Waals surface area contributed by atoms with E-state index in [1.54, 1.807) is 69.3 Å². The van der Waals surface area contributed by atoms with Gasteiger partial charge >= 0.3 is 0 Å². The fourth-order valence-corrected chi connectivity index (χ4v) is 6.02. The third kappa shape index (κ3) is 7.63. The SMILES string of the molecule is COc1ccc(OC)c(N(CC(=O)N(Cc2c(Cl)cccc2Cl)[C@H](C)C(=O)NC(C)C)S(=O)(=O)c2ccccc2)c1. The smallest absolute Gasteiger partial charge is 0.264 e. The molecule has 0 aliphatic heterocycles. The molecule has 12 heteroatoms. The van der Waals surface area contributed by atoms with Gasteiger partial charge in [0.15, 0.2) is 0 Å². The Labute approximate surface area is 251 Å². The van der Waals surface area contributed by atoms with Crippen LogP contribution in [0.4, 0.5) is 5.69 Å². The van der Waals surface area contributed by atoms with Crippen LogP contribution in [0.25, 0.3) is 0 Å². The quantitative estimate of drug-likeness (QED) is 0.300. The number of hydrogen-bond acceptors (Lipinski definition) is 6. The maximum absolute atomic E-state index is 14.1. The first-order valence-electron chi connectivity index (χ1n) is 12.7. The van der Waals surface area contributed by atoms with Gasteiger partial charge in [-0.15, -0.1) is 0 Å². The maximum Gasteiger partial charge on any atom is 0.264 e. The van der Waals surface area contributed by atoms with E-state index in [2.05, 4.69) is 5.32 Å². The Balaban J connectivity index is 2.15. The van der Waals surface area contributed by atoms with Crippen LogP contribution in [0.3, 0.4) is 0 Å². The van der Waals surface area contributed by atoms with Crippen molar-refractivity contribution in [2.45, 2.75) is 44.3 Å². The topological polar surface area (TPSA) is 105 Å². The molecule has 1 N–H and O–H groups in total. The van der Waals surface area contributed by atoms with Gasteiger partial charge in [0.2, 0.25) is 11.8 Å². The number of halogens is 2. The molecule has 0 aromatic heterocycles. The second kappa shape index (κ2) is 13.9. The zero-order valence-corrected chi connectivity index (χ0v) is 25.8. The van der Waals surface area contributed by atoms with E-state index in [1.165, 1.54) is 37.3 Å². The fraction of sp³-hybridized carbons (Fsp3) is 0.310. The third-order valence-corrected chi connectivity index (χ3v) is 8.74. The van der Waals surface area contributed by atoms with E-state index in [4.69, 9.17) is 32.7 Å².